The molecule has 0 bridgehead atoms. The molecule has 120 valence electrons. The molecule has 0 spiro atoms. The molecule has 20 heavy (non-hydrogen) atoms. The number of rotatable bonds is 10. The second-order valence-corrected chi connectivity index (χ2v) is 8.13. The number of unbranched alkanes of at least 4 members (excludes halogenated alkanes) is 1. The van der Waals surface area contributed by atoms with Crippen LogP contribution in [0, 0.1) is 22.7 Å². The molecule has 2 unspecified atom stereocenters. The SMILES string of the molecule is CCCCC(CC)CC(NCCC)C1C(C)(C)C1(C)C. The molecule has 0 aromatic heterocycles. The first kappa shape index (κ1) is 18.0. The third-order valence-corrected chi connectivity index (χ3v) is 6.32. The highest BCUT2D eigenvalue weighted by atomic mass is 15.0. The van der Waals surface area contributed by atoms with Crippen LogP contribution in [0.25, 0.3) is 0 Å². The second kappa shape index (κ2) is 7.29. The summed E-state index contributed by atoms with van der Waals surface area (Å²) in [6.45, 7) is 18.0. The molecule has 0 radical (unpaired) electrons. The predicted octanol–water partition coefficient (Wildman–Crippen LogP) is 5.64. The van der Waals surface area contributed by atoms with Gasteiger partial charge in [-0.3, -0.25) is 0 Å². The predicted molar refractivity (Wildman–Crippen MR) is 91.1 cm³/mol. The Morgan fingerprint density at radius 3 is 1.95 bits per heavy atom. The van der Waals surface area contributed by atoms with Crippen LogP contribution in [0.2, 0.25) is 0 Å². The zero-order valence-electron chi connectivity index (χ0n) is 15.2. The van der Waals surface area contributed by atoms with Crippen LogP contribution < -0.4 is 5.32 Å². The third kappa shape index (κ3) is 3.78. The van der Waals surface area contributed by atoms with Gasteiger partial charge in [-0.25, -0.2) is 0 Å². The van der Waals surface area contributed by atoms with Gasteiger partial charge in [0.25, 0.3) is 0 Å². The maximum absolute atomic E-state index is 3.88. The summed E-state index contributed by atoms with van der Waals surface area (Å²) >= 11 is 0. The van der Waals surface area contributed by atoms with Gasteiger partial charge < -0.3 is 5.32 Å². The van der Waals surface area contributed by atoms with Gasteiger partial charge in [0.15, 0.2) is 0 Å². The van der Waals surface area contributed by atoms with Crippen molar-refractivity contribution in [3.05, 3.63) is 0 Å². The summed E-state index contributed by atoms with van der Waals surface area (Å²) in [5, 5.41) is 3.88. The van der Waals surface area contributed by atoms with Gasteiger partial charge in [0.2, 0.25) is 0 Å². The lowest BCUT2D eigenvalue weighted by Gasteiger charge is -2.26. The van der Waals surface area contributed by atoms with E-state index in [0.717, 1.165) is 17.9 Å². The minimum Gasteiger partial charge on any atom is -0.314 e. The monoisotopic (exact) mass is 281 g/mol. The molecule has 1 aliphatic carbocycles. The van der Waals surface area contributed by atoms with Crippen molar-refractivity contribution in [3.8, 4) is 0 Å². The Kier molecular flexibility index (Phi) is 6.57. The molecule has 2 atom stereocenters. The van der Waals surface area contributed by atoms with Crippen molar-refractivity contribution in [2.24, 2.45) is 22.7 Å². The van der Waals surface area contributed by atoms with Gasteiger partial charge in [-0.15, -0.1) is 0 Å². The van der Waals surface area contributed by atoms with Crippen molar-refractivity contribution in [2.45, 2.75) is 93.0 Å². The third-order valence-electron chi connectivity index (χ3n) is 6.32. The molecular formula is C19H39N. The average molecular weight is 282 g/mol. The summed E-state index contributed by atoms with van der Waals surface area (Å²) in [7, 11) is 0. The zero-order valence-corrected chi connectivity index (χ0v) is 15.2. The largest absolute Gasteiger partial charge is 0.314 e. The highest BCUT2D eigenvalue weighted by molar-refractivity contribution is 5.16. The van der Waals surface area contributed by atoms with Crippen LogP contribution in [0.15, 0.2) is 0 Å². The average Bonchev–Trinajstić information content (AvgIpc) is 2.80. The summed E-state index contributed by atoms with van der Waals surface area (Å²) in [6.07, 6.45) is 8.13. The van der Waals surface area contributed by atoms with Crippen molar-refractivity contribution < 1.29 is 0 Å². The first-order valence-electron chi connectivity index (χ1n) is 9.06. The van der Waals surface area contributed by atoms with Gasteiger partial charge in [-0.05, 0) is 42.1 Å². The van der Waals surface area contributed by atoms with E-state index in [0.29, 0.717) is 10.8 Å². The molecule has 1 nitrogen and oxygen atoms in total. The Labute approximate surface area is 128 Å². The lowest BCUT2D eigenvalue weighted by Crippen LogP contribution is -2.35. The van der Waals surface area contributed by atoms with E-state index in [2.05, 4.69) is 53.8 Å². The van der Waals surface area contributed by atoms with Gasteiger partial charge in [-0.2, -0.15) is 0 Å². The molecule has 0 aromatic carbocycles. The topological polar surface area (TPSA) is 12.0 Å². The van der Waals surface area contributed by atoms with Crippen molar-refractivity contribution >= 4 is 0 Å². The van der Waals surface area contributed by atoms with Crippen LogP contribution in [0.1, 0.15) is 87.0 Å². The van der Waals surface area contributed by atoms with Gasteiger partial charge >= 0.3 is 0 Å². The van der Waals surface area contributed by atoms with E-state index in [9.17, 15) is 0 Å². The Morgan fingerprint density at radius 1 is 0.950 bits per heavy atom. The number of hydrogen-bond donors (Lipinski definition) is 1. The summed E-state index contributed by atoms with van der Waals surface area (Å²) in [5.41, 5.74) is 1.00. The summed E-state index contributed by atoms with van der Waals surface area (Å²) in [5.74, 6) is 1.76. The Morgan fingerprint density at radius 2 is 1.55 bits per heavy atom. The smallest absolute Gasteiger partial charge is 0.0109 e. The quantitative estimate of drug-likeness (QED) is 0.546. The minimum atomic E-state index is 0.501. The molecule has 0 aliphatic heterocycles. The van der Waals surface area contributed by atoms with Crippen LogP contribution in [-0.2, 0) is 0 Å². The van der Waals surface area contributed by atoms with E-state index in [4.69, 9.17) is 0 Å². The summed E-state index contributed by atoms with van der Waals surface area (Å²) in [6, 6.07) is 0.724. The molecule has 1 rings (SSSR count). The van der Waals surface area contributed by atoms with Gasteiger partial charge in [0, 0.05) is 6.04 Å². The van der Waals surface area contributed by atoms with Crippen molar-refractivity contribution in [1.82, 2.24) is 5.32 Å². The van der Waals surface area contributed by atoms with E-state index >= 15 is 0 Å². The van der Waals surface area contributed by atoms with Crippen LogP contribution >= 0.6 is 0 Å². The molecule has 0 saturated heterocycles. The molecule has 1 saturated carbocycles. The molecule has 1 aliphatic rings. The lowest BCUT2D eigenvalue weighted by atomic mass is 9.88. The summed E-state index contributed by atoms with van der Waals surface area (Å²) < 4.78 is 0. The molecule has 0 aromatic rings. The molecular weight excluding hydrogens is 242 g/mol. The Hall–Kier alpha value is -0.0400. The first-order valence-corrected chi connectivity index (χ1v) is 9.06. The fraction of sp³-hybridized carbons (Fsp3) is 1.00. The minimum absolute atomic E-state index is 0.501. The highest BCUT2D eigenvalue weighted by Gasteiger charge is 2.66. The maximum atomic E-state index is 3.88. The zero-order chi connectivity index (χ0) is 15.4. The standard InChI is InChI=1S/C19H39N/c1-8-11-12-15(10-3)14-16(20-13-9-2)17-18(4,5)19(17,6)7/h15-17,20H,8-14H2,1-7H3. The van der Waals surface area contributed by atoms with Crippen LogP contribution in [0.4, 0.5) is 0 Å². The van der Waals surface area contributed by atoms with E-state index in [-0.39, 0.29) is 0 Å². The van der Waals surface area contributed by atoms with E-state index in [1.165, 1.54) is 45.1 Å². The normalized spacial score (nSPS) is 23.6. The fourth-order valence-corrected chi connectivity index (χ4v) is 4.26. The van der Waals surface area contributed by atoms with Crippen molar-refractivity contribution in [2.75, 3.05) is 6.54 Å². The Bertz CT molecular complexity index is 265. The van der Waals surface area contributed by atoms with Gasteiger partial charge in [-0.1, -0.05) is 74.1 Å². The fourth-order valence-electron chi connectivity index (χ4n) is 4.26. The molecule has 0 heterocycles. The van der Waals surface area contributed by atoms with Crippen LogP contribution in [0.3, 0.4) is 0 Å². The van der Waals surface area contributed by atoms with Gasteiger partial charge in [0.05, 0.1) is 0 Å². The lowest BCUT2D eigenvalue weighted by molar-refractivity contribution is 0.300. The van der Waals surface area contributed by atoms with E-state index < -0.39 is 0 Å². The van der Waals surface area contributed by atoms with Crippen LogP contribution in [0.5, 0.6) is 0 Å². The Balaban J connectivity index is 2.65. The molecule has 1 fully saturated rings. The van der Waals surface area contributed by atoms with Crippen molar-refractivity contribution in [3.63, 3.8) is 0 Å². The van der Waals surface area contributed by atoms with E-state index in [1.54, 1.807) is 0 Å². The molecule has 0 amide bonds. The van der Waals surface area contributed by atoms with E-state index in [1.807, 2.05) is 0 Å². The highest BCUT2D eigenvalue weighted by Crippen LogP contribution is 2.70. The second-order valence-electron chi connectivity index (χ2n) is 8.13. The van der Waals surface area contributed by atoms with Gasteiger partial charge in [0.1, 0.15) is 0 Å². The maximum Gasteiger partial charge on any atom is 0.0109 e. The first-order chi connectivity index (χ1) is 9.32. The van der Waals surface area contributed by atoms with Crippen LogP contribution in [-0.4, -0.2) is 12.6 Å². The molecule has 1 heteroatoms. The summed E-state index contributed by atoms with van der Waals surface area (Å²) in [4.78, 5) is 0. The number of nitrogens with one attached hydrogen (secondary N) is 1. The molecule has 1 N–H and O–H groups in total. The number of hydrogen-bond acceptors (Lipinski definition) is 1. The van der Waals surface area contributed by atoms with Crippen molar-refractivity contribution in [1.29, 1.82) is 0 Å².